The minimum Gasteiger partial charge on any atom is -0.276 e. The number of nitrogens with zero attached hydrogens (tertiary/aromatic N) is 1. The molecule has 2 heteroatoms. The summed E-state index contributed by atoms with van der Waals surface area (Å²) < 4.78 is 0. The van der Waals surface area contributed by atoms with Gasteiger partial charge >= 0.3 is 0 Å². The topological polar surface area (TPSA) is 28.7 Å². The largest absolute Gasteiger partial charge is 0.276 e. The zero-order valence-electron chi connectivity index (χ0n) is 3.52. The third kappa shape index (κ3) is 0.407. The standard InChI is InChI=1S/C4H5N2/c1-4-2-5-6-3-4/h2H,1H3,(H,5,6). The lowest BCUT2D eigenvalue weighted by molar-refractivity contribution is 1.08. The number of hydrogen-bond acceptors (Lipinski definition) is 1. The van der Waals surface area contributed by atoms with Crippen molar-refractivity contribution in [1.29, 1.82) is 0 Å². The predicted octanol–water partition coefficient (Wildman–Crippen LogP) is 0.518. The molecule has 6 heavy (non-hydrogen) atoms. The first-order chi connectivity index (χ1) is 2.89. The van der Waals surface area contributed by atoms with Crippen molar-refractivity contribution in [2.75, 3.05) is 0 Å². The van der Waals surface area contributed by atoms with Crippen LogP contribution >= 0.6 is 0 Å². The Morgan fingerprint density at radius 3 is 3.00 bits per heavy atom. The molecule has 0 saturated heterocycles. The third-order valence-electron chi connectivity index (χ3n) is 0.576. The van der Waals surface area contributed by atoms with Crippen molar-refractivity contribution in [2.24, 2.45) is 0 Å². The van der Waals surface area contributed by atoms with Crippen LogP contribution in [0.1, 0.15) is 5.56 Å². The van der Waals surface area contributed by atoms with Gasteiger partial charge < -0.3 is 0 Å². The fourth-order valence-electron chi connectivity index (χ4n) is 0.282. The van der Waals surface area contributed by atoms with Crippen LogP contribution in [0.25, 0.3) is 0 Å². The third-order valence-corrected chi connectivity index (χ3v) is 0.576. The lowest BCUT2D eigenvalue weighted by atomic mass is 10.4. The Morgan fingerprint density at radius 1 is 2.00 bits per heavy atom. The van der Waals surface area contributed by atoms with E-state index in [2.05, 4.69) is 16.4 Å². The van der Waals surface area contributed by atoms with Crippen LogP contribution < -0.4 is 0 Å². The van der Waals surface area contributed by atoms with Gasteiger partial charge in [-0.3, -0.25) is 5.10 Å². The highest BCUT2D eigenvalue weighted by atomic mass is 15.1. The molecule has 1 rings (SSSR count). The van der Waals surface area contributed by atoms with Crippen LogP contribution in [-0.2, 0) is 0 Å². The van der Waals surface area contributed by atoms with Gasteiger partial charge in [-0.25, -0.2) is 0 Å². The highest BCUT2D eigenvalue weighted by Gasteiger charge is 1.76. The average Bonchev–Trinajstić information content (AvgIpc) is 1.86. The van der Waals surface area contributed by atoms with Crippen molar-refractivity contribution in [1.82, 2.24) is 10.2 Å². The van der Waals surface area contributed by atoms with Crippen molar-refractivity contribution >= 4 is 0 Å². The number of aromatic amines is 1. The van der Waals surface area contributed by atoms with Crippen LogP contribution in [0.15, 0.2) is 6.20 Å². The molecule has 0 spiro atoms. The monoisotopic (exact) mass is 81.0 g/mol. The molecule has 1 aromatic rings. The average molecular weight is 81.1 g/mol. The van der Waals surface area contributed by atoms with Gasteiger partial charge in [-0.2, -0.15) is 5.10 Å². The number of aromatic nitrogens is 2. The summed E-state index contributed by atoms with van der Waals surface area (Å²) in [7, 11) is 0. The second kappa shape index (κ2) is 1.12. The zero-order valence-corrected chi connectivity index (χ0v) is 3.52. The molecule has 0 aliphatic carbocycles. The summed E-state index contributed by atoms with van der Waals surface area (Å²) in [5.74, 6) is 0. The summed E-state index contributed by atoms with van der Waals surface area (Å²) in [6.45, 7) is 1.93. The maximum Gasteiger partial charge on any atom is 0.0860 e. The normalized spacial score (nSPS) is 8.83. The van der Waals surface area contributed by atoms with E-state index in [0.29, 0.717) is 0 Å². The molecule has 0 aliphatic heterocycles. The van der Waals surface area contributed by atoms with Crippen LogP contribution in [0, 0.1) is 13.1 Å². The van der Waals surface area contributed by atoms with Crippen LogP contribution in [-0.4, -0.2) is 10.2 Å². The van der Waals surface area contributed by atoms with E-state index >= 15 is 0 Å². The van der Waals surface area contributed by atoms with Gasteiger partial charge in [0.1, 0.15) is 0 Å². The van der Waals surface area contributed by atoms with Crippen LogP contribution in [0.5, 0.6) is 0 Å². The quantitative estimate of drug-likeness (QED) is 0.484. The molecule has 0 bridgehead atoms. The van der Waals surface area contributed by atoms with Crippen molar-refractivity contribution in [3.05, 3.63) is 18.0 Å². The number of aryl methyl sites for hydroxylation is 1. The first kappa shape index (κ1) is 3.40. The summed E-state index contributed by atoms with van der Waals surface area (Å²) in [4.78, 5) is 0. The number of H-pyrrole nitrogens is 1. The molecule has 1 heterocycles. The van der Waals surface area contributed by atoms with E-state index in [1.807, 2.05) is 6.92 Å². The van der Waals surface area contributed by atoms with E-state index in [9.17, 15) is 0 Å². The fraction of sp³-hybridized carbons (Fsp3) is 0.250. The molecule has 0 aliphatic rings. The minimum atomic E-state index is 1.05. The summed E-state index contributed by atoms with van der Waals surface area (Å²) in [6, 6.07) is 0. The lowest BCUT2D eigenvalue weighted by Gasteiger charge is -1.61. The smallest absolute Gasteiger partial charge is 0.0860 e. The molecule has 1 radical (unpaired) electrons. The number of nitrogens with one attached hydrogen (secondary N) is 1. The number of rotatable bonds is 0. The van der Waals surface area contributed by atoms with Gasteiger partial charge in [0.25, 0.3) is 0 Å². The molecule has 0 fully saturated rings. The SMILES string of the molecule is Cc1[c][nH]nc1. The molecule has 0 aromatic carbocycles. The van der Waals surface area contributed by atoms with E-state index in [0.717, 1.165) is 5.56 Å². The Kier molecular flexibility index (Phi) is 0.638. The fourth-order valence-corrected chi connectivity index (χ4v) is 0.282. The van der Waals surface area contributed by atoms with E-state index in [4.69, 9.17) is 0 Å². The van der Waals surface area contributed by atoms with E-state index in [1.54, 1.807) is 6.20 Å². The highest BCUT2D eigenvalue weighted by molar-refractivity contribution is 4.94. The van der Waals surface area contributed by atoms with Gasteiger partial charge in [-0.15, -0.1) is 0 Å². The van der Waals surface area contributed by atoms with Gasteiger partial charge in [-0.05, 0) is 12.5 Å². The van der Waals surface area contributed by atoms with Crippen molar-refractivity contribution < 1.29 is 0 Å². The van der Waals surface area contributed by atoms with Gasteiger partial charge in [0.15, 0.2) is 0 Å². The molecule has 2 nitrogen and oxygen atoms in total. The minimum absolute atomic E-state index is 1.05. The molecule has 1 N–H and O–H groups in total. The van der Waals surface area contributed by atoms with Crippen LogP contribution in [0.2, 0.25) is 0 Å². The molecule has 0 amide bonds. The molecular formula is C4H5N2. The van der Waals surface area contributed by atoms with Gasteiger partial charge in [0, 0.05) is 0 Å². The first-order valence-electron chi connectivity index (χ1n) is 1.77. The highest BCUT2D eigenvalue weighted by Crippen LogP contribution is 1.82. The van der Waals surface area contributed by atoms with E-state index < -0.39 is 0 Å². The maximum atomic E-state index is 3.64. The zero-order chi connectivity index (χ0) is 4.41. The summed E-state index contributed by atoms with van der Waals surface area (Å²) in [5.41, 5.74) is 1.05. The molecule has 1 aromatic heterocycles. The van der Waals surface area contributed by atoms with Crippen molar-refractivity contribution in [2.45, 2.75) is 6.92 Å². The lowest BCUT2D eigenvalue weighted by Crippen LogP contribution is -1.54. The van der Waals surface area contributed by atoms with E-state index in [-0.39, 0.29) is 0 Å². The summed E-state index contributed by atoms with van der Waals surface area (Å²) in [6.07, 6.45) is 4.49. The molecule has 0 atom stereocenters. The van der Waals surface area contributed by atoms with Gasteiger partial charge in [0.05, 0.1) is 12.4 Å². The number of hydrogen-bond donors (Lipinski definition) is 1. The second-order valence-electron chi connectivity index (χ2n) is 1.18. The Morgan fingerprint density at radius 2 is 2.83 bits per heavy atom. The summed E-state index contributed by atoms with van der Waals surface area (Å²) in [5, 5.41) is 6.20. The summed E-state index contributed by atoms with van der Waals surface area (Å²) >= 11 is 0. The van der Waals surface area contributed by atoms with E-state index in [1.165, 1.54) is 0 Å². The van der Waals surface area contributed by atoms with Crippen molar-refractivity contribution in [3.63, 3.8) is 0 Å². The predicted molar refractivity (Wildman–Crippen MR) is 22.2 cm³/mol. The maximum absolute atomic E-state index is 3.64. The molecular weight excluding hydrogens is 76.1 g/mol. The molecule has 0 saturated carbocycles. The van der Waals surface area contributed by atoms with Gasteiger partial charge in [-0.1, -0.05) is 0 Å². The van der Waals surface area contributed by atoms with Crippen molar-refractivity contribution in [3.8, 4) is 0 Å². The Balaban J connectivity index is 3.05. The molecule has 0 unspecified atom stereocenters. The Hall–Kier alpha value is -0.790. The second-order valence-corrected chi connectivity index (χ2v) is 1.18. The van der Waals surface area contributed by atoms with Gasteiger partial charge in [0.2, 0.25) is 0 Å². The Labute approximate surface area is 36.2 Å². The molecule has 31 valence electrons. The van der Waals surface area contributed by atoms with Crippen LogP contribution in [0.3, 0.4) is 0 Å². The Bertz CT molecular complexity index is 109. The first-order valence-corrected chi connectivity index (χ1v) is 1.77. The van der Waals surface area contributed by atoms with Crippen LogP contribution in [0.4, 0.5) is 0 Å².